The monoisotopic (exact) mass is 345 g/mol. The van der Waals surface area contributed by atoms with E-state index in [0.717, 1.165) is 48.8 Å². The minimum absolute atomic E-state index is 0.417. The first-order valence-corrected chi connectivity index (χ1v) is 9.03. The number of nitrogens with two attached hydrogens (primary N) is 1. The Morgan fingerprint density at radius 2 is 1.62 bits per heavy atom. The third kappa shape index (κ3) is 3.61. The highest BCUT2D eigenvalue weighted by Gasteiger charge is 2.21. The molecule has 132 valence electrons. The number of hydrogen-bond acceptors (Lipinski definition) is 5. The van der Waals surface area contributed by atoms with E-state index in [1.807, 2.05) is 30.3 Å². The number of nitrogens with zero attached hydrogens (tertiary/aromatic N) is 3. The lowest BCUT2D eigenvalue weighted by atomic mass is 10.0. The van der Waals surface area contributed by atoms with Gasteiger partial charge >= 0.3 is 0 Å². The maximum atomic E-state index is 6.30. The summed E-state index contributed by atoms with van der Waals surface area (Å²) in [5.41, 5.74) is 10.4. The Kier molecular flexibility index (Phi) is 4.69. The van der Waals surface area contributed by atoms with Crippen molar-refractivity contribution in [2.45, 2.75) is 18.9 Å². The van der Waals surface area contributed by atoms with Gasteiger partial charge in [0.1, 0.15) is 0 Å². The predicted molar refractivity (Wildman–Crippen MR) is 107 cm³/mol. The number of rotatable bonds is 4. The molecule has 0 radical (unpaired) electrons. The highest BCUT2D eigenvalue weighted by Crippen LogP contribution is 2.28. The molecule has 5 nitrogen and oxygen atoms in total. The summed E-state index contributed by atoms with van der Waals surface area (Å²) in [5.74, 6) is 0.817. The van der Waals surface area contributed by atoms with Crippen molar-refractivity contribution in [3.63, 3.8) is 0 Å². The molecule has 2 aromatic carbocycles. The smallest absolute Gasteiger partial charge is 0.225 e. The summed E-state index contributed by atoms with van der Waals surface area (Å²) in [7, 11) is 0. The second-order valence-corrected chi connectivity index (χ2v) is 6.62. The molecule has 0 bridgehead atoms. The maximum Gasteiger partial charge on any atom is 0.225 e. The van der Waals surface area contributed by atoms with Crippen LogP contribution in [0.5, 0.6) is 0 Å². The van der Waals surface area contributed by atoms with Crippen molar-refractivity contribution in [2.24, 2.45) is 0 Å². The van der Waals surface area contributed by atoms with Crippen LogP contribution in [-0.2, 0) is 0 Å². The van der Waals surface area contributed by atoms with Crippen LogP contribution in [0.15, 0.2) is 67.0 Å². The van der Waals surface area contributed by atoms with E-state index in [1.165, 1.54) is 5.56 Å². The molecule has 1 aromatic heterocycles. The molecule has 0 amide bonds. The quantitative estimate of drug-likeness (QED) is 0.704. The highest BCUT2D eigenvalue weighted by molar-refractivity contribution is 5.76. The molecule has 1 aliphatic rings. The zero-order valence-corrected chi connectivity index (χ0v) is 14.7. The van der Waals surface area contributed by atoms with Crippen molar-refractivity contribution in [3.8, 4) is 11.1 Å². The van der Waals surface area contributed by atoms with E-state index in [0.29, 0.717) is 6.04 Å². The van der Waals surface area contributed by atoms with E-state index < -0.39 is 0 Å². The maximum absolute atomic E-state index is 6.30. The van der Waals surface area contributed by atoms with Crippen LogP contribution in [0.1, 0.15) is 12.8 Å². The number of anilines is 3. The summed E-state index contributed by atoms with van der Waals surface area (Å²) in [6, 6.07) is 18.8. The van der Waals surface area contributed by atoms with E-state index in [9.17, 15) is 0 Å². The number of nitrogen functional groups attached to an aromatic ring is 1. The first kappa shape index (κ1) is 16.4. The highest BCUT2D eigenvalue weighted by atomic mass is 15.3. The fourth-order valence-electron chi connectivity index (χ4n) is 3.40. The number of nitrogens with one attached hydrogen (secondary N) is 1. The third-order valence-corrected chi connectivity index (χ3v) is 4.85. The van der Waals surface area contributed by atoms with Gasteiger partial charge in [0.2, 0.25) is 5.95 Å². The molecule has 0 unspecified atom stereocenters. The van der Waals surface area contributed by atoms with Crippen LogP contribution in [-0.4, -0.2) is 29.1 Å². The van der Waals surface area contributed by atoms with Crippen molar-refractivity contribution in [1.29, 1.82) is 0 Å². The SMILES string of the molecule is Nc1cc(-c2ccccc2)ccc1NC1CCN(c2ncccn2)CC1. The van der Waals surface area contributed by atoms with Gasteiger partial charge in [0.25, 0.3) is 0 Å². The Morgan fingerprint density at radius 3 is 2.31 bits per heavy atom. The van der Waals surface area contributed by atoms with E-state index in [1.54, 1.807) is 12.4 Å². The third-order valence-electron chi connectivity index (χ3n) is 4.85. The molecule has 3 N–H and O–H groups in total. The summed E-state index contributed by atoms with van der Waals surface area (Å²) in [4.78, 5) is 10.9. The van der Waals surface area contributed by atoms with Crippen LogP contribution < -0.4 is 16.0 Å². The molecule has 0 aliphatic carbocycles. The summed E-state index contributed by atoms with van der Waals surface area (Å²) in [6.45, 7) is 1.90. The van der Waals surface area contributed by atoms with Crippen LogP contribution in [0.4, 0.5) is 17.3 Å². The second-order valence-electron chi connectivity index (χ2n) is 6.62. The van der Waals surface area contributed by atoms with Gasteiger partial charge in [-0.05, 0) is 42.2 Å². The fraction of sp³-hybridized carbons (Fsp3) is 0.238. The van der Waals surface area contributed by atoms with Crippen LogP contribution in [0.2, 0.25) is 0 Å². The molecule has 5 heteroatoms. The largest absolute Gasteiger partial charge is 0.397 e. The lowest BCUT2D eigenvalue weighted by Crippen LogP contribution is -2.40. The van der Waals surface area contributed by atoms with Crippen molar-refractivity contribution in [1.82, 2.24) is 9.97 Å². The number of benzene rings is 2. The minimum Gasteiger partial charge on any atom is -0.397 e. The fourth-order valence-corrected chi connectivity index (χ4v) is 3.40. The van der Waals surface area contributed by atoms with Gasteiger partial charge in [0.05, 0.1) is 11.4 Å². The van der Waals surface area contributed by atoms with E-state index in [4.69, 9.17) is 5.73 Å². The van der Waals surface area contributed by atoms with Gasteiger partial charge in [0, 0.05) is 31.5 Å². The van der Waals surface area contributed by atoms with Gasteiger partial charge < -0.3 is 16.0 Å². The average molecular weight is 345 g/mol. The molecule has 1 fully saturated rings. The number of hydrogen-bond donors (Lipinski definition) is 2. The summed E-state index contributed by atoms with van der Waals surface area (Å²) in [6.07, 6.45) is 5.67. The van der Waals surface area contributed by atoms with Crippen molar-refractivity contribution >= 4 is 17.3 Å². The Labute approximate surface area is 153 Å². The molecule has 26 heavy (non-hydrogen) atoms. The minimum atomic E-state index is 0.417. The predicted octanol–water partition coefficient (Wildman–Crippen LogP) is 3.81. The molecule has 2 heterocycles. The van der Waals surface area contributed by atoms with Gasteiger partial charge in [0.15, 0.2) is 0 Å². The molecule has 0 spiro atoms. The second kappa shape index (κ2) is 7.44. The van der Waals surface area contributed by atoms with E-state index >= 15 is 0 Å². The number of piperidine rings is 1. The first-order chi connectivity index (χ1) is 12.8. The van der Waals surface area contributed by atoms with E-state index in [2.05, 4.69) is 44.5 Å². The van der Waals surface area contributed by atoms with Crippen LogP contribution in [0.25, 0.3) is 11.1 Å². The van der Waals surface area contributed by atoms with Crippen molar-refractivity contribution in [2.75, 3.05) is 29.0 Å². The molecule has 1 aliphatic heterocycles. The van der Waals surface area contributed by atoms with E-state index in [-0.39, 0.29) is 0 Å². The van der Waals surface area contributed by atoms with Gasteiger partial charge in [-0.25, -0.2) is 9.97 Å². The Morgan fingerprint density at radius 1 is 0.885 bits per heavy atom. The Bertz CT molecular complexity index is 843. The molecule has 0 atom stereocenters. The summed E-state index contributed by atoms with van der Waals surface area (Å²) < 4.78 is 0. The molecule has 4 rings (SSSR count). The summed E-state index contributed by atoms with van der Waals surface area (Å²) in [5, 5.41) is 3.61. The molecular formula is C21H23N5. The molecular weight excluding hydrogens is 322 g/mol. The molecule has 3 aromatic rings. The Balaban J connectivity index is 1.39. The lowest BCUT2D eigenvalue weighted by Gasteiger charge is -2.33. The molecule has 0 saturated carbocycles. The van der Waals surface area contributed by atoms with Gasteiger partial charge in [-0.15, -0.1) is 0 Å². The van der Waals surface area contributed by atoms with Crippen molar-refractivity contribution < 1.29 is 0 Å². The lowest BCUT2D eigenvalue weighted by molar-refractivity contribution is 0.520. The zero-order valence-electron chi connectivity index (χ0n) is 14.7. The van der Waals surface area contributed by atoms with Gasteiger partial charge in [-0.3, -0.25) is 0 Å². The number of aromatic nitrogens is 2. The first-order valence-electron chi connectivity index (χ1n) is 9.03. The van der Waals surface area contributed by atoms with Gasteiger partial charge in [-0.1, -0.05) is 36.4 Å². The van der Waals surface area contributed by atoms with Crippen LogP contribution >= 0.6 is 0 Å². The topological polar surface area (TPSA) is 67.1 Å². The molecule has 1 saturated heterocycles. The Hall–Kier alpha value is -3.08. The van der Waals surface area contributed by atoms with Crippen LogP contribution in [0.3, 0.4) is 0 Å². The van der Waals surface area contributed by atoms with Gasteiger partial charge in [-0.2, -0.15) is 0 Å². The summed E-state index contributed by atoms with van der Waals surface area (Å²) >= 11 is 0. The average Bonchev–Trinajstić information content (AvgIpc) is 2.71. The normalized spacial score (nSPS) is 15.0. The van der Waals surface area contributed by atoms with Crippen LogP contribution in [0, 0.1) is 0 Å². The zero-order chi connectivity index (χ0) is 17.8. The standard InChI is InChI=1S/C21H23N5/c22-19-15-17(16-5-2-1-3-6-16)7-8-20(19)25-18-9-13-26(14-10-18)21-23-11-4-12-24-21/h1-8,11-12,15,18,25H,9-10,13-14,22H2. The van der Waals surface area contributed by atoms with Crippen molar-refractivity contribution in [3.05, 3.63) is 67.0 Å².